The molecule has 4 aromatic rings. The molecule has 0 bridgehead atoms. The van der Waals surface area contributed by atoms with Gasteiger partial charge in [0.05, 0.1) is 17.8 Å². The lowest BCUT2D eigenvalue weighted by Crippen LogP contribution is -2.60. The van der Waals surface area contributed by atoms with E-state index in [2.05, 4.69) is 52.1 Å². The topological polar surface area (TPSA) is 406 Å². The average molecular weight is 1060 g/mol. The molecule has 0 radical (unpaired) electrons. The number of amides is 5. The van der Waals surface area contributed by atoms with E-state index in [1.807, 2.05) is 43.3 Å². The lowest BCUT2D eigenvalue weighted by Gasteiger charge is -2.29. The van der Waals surface area contributed by atoms with Crippen molar-refractivity contribution < 1.29 is 46.8 Å². The highest BCUT2D eigenvalue weighted by Crippen LogP contribution is 2.29. The van der Waals surface area contributed by atoms with Gasteiger partial charge < -0.3 is 64.8 Å². The number of aliphatic imine (C=N–C) groups is 2. The molecule has 0 fully saturated rings. The number of hydrogen-bond donors (Lipinski definition) is 12. The summed E-state index contributed by atoms with van der Waals surface area (Å²) >= 11 is 0. The Morgan fingerprint density at radius 2 is 1.19 bits per heavy atom. The Morgan fingerprint density at radius 3 is 1.73 bits per heavy atom. The van der Waals surface area contributed by atoms with Gasteiger partial charge in [0.1, 0.15) is 29.1 Å². The number of nitrogens with two attached hydrogens (primary N) is 4. The first-order chi connectivity index (χ1) is 35.6. The predicted molar refractivity (Wildman–Crippen MR) is 285 cm³/mol. The summed E-state index contributed by atoms with van der Waals surface area (Å²) in [5, 5.41) is 35.2. The number of carbonyl (C=O) groups is 6. The number of rotatable bonds is 29. The minimum Gasteiger partial charge on any atom is -0.481 e. The van der Waals surface area contributed by atoms with Crippen molar-refractivity contribution in [2.45, 2.75) is 81.4 Å². The van der Waals surface area contributed by atoms with Crippen LogP contribution in [0.5, 0.6) is 0 Å². The third kappa shape index (κ3) is 19.2. The van der Waals surface area contributed by atoms with Crippen molar-refractivity contribution in [3.8, 4) is 0 Å². The minimum atomic E-state index is -4.53. The lowest BCUT2D eigenvalue weighted by molar-refractivity contribution is -0.141. The van der Waals surface area contributed by atoms with Crippen molar-refractivity contribution in [2.75, 3.05) is 50.5 Å². The number of carboxylic acid groups (broad SMARTS) is 1. The van der Waals surface area contributed by atoms with E-state index in [1.165, 1.54) is 30.3 Å². The number of nitrogens with zero attached hydrogens (tertiary/aromatic N) is 5. The molecule has 26 heteroatoms. The van der Waals surface area contributed by atoms with E-state index in [0.717, 1.165) is 5.69 Å². The molecule has 4 aromatic carbocycles. The second-order valence-corrected chi connectivity index (χ2v) is 18.9. The van der Waals surface area contributed by atoms with Crippen LogP contribution in [0.1, 0.15) is 62.7 Å². The normalized spacial score (nSPS) is 13.2. The molecular formula is C49H67N15O10S. The number of nitrogens with one attached hydrogen (secondary N) is 6. The van der Waals surface area contributed by atoms with Gasteiger partial charge in [0, 0.05) is 68.0 Å². The standard InChI is InChI=1S/C49H67N15O10S/c1-5-29(2)42(47(71)60-39(28-41(65)66)44(68)55-27-26-54-36-12-6-11-35-34(36)10-7-15-40(35)75(72,73)74)61-46(70)38(14-9-25-57-49(52)53)59-45(69)37(13-8-24-56-48(50)51)58-43(67)30-16-18-31(19-17-30)62-63-32-20-22-33(23-21-32)64(3)4/h6-7,10-12,15-23,29,37-39,42,54H,5,8-9,13-14,24-28H2,1-4H3,(H,55,68)(H,58,67)(H,59,69)(H,60,71)(H,61,70)(H,65,66)(H4,50,51,56)(H4,52,53,57)(H,72,73,74)/t29-,37-,38-,39-,42-/m0/s1. The summed E-state index contributed by atoms with van der Waals surface area (Å²) in [7, 11) is -0.679. The highest BCUT2D eigenvalue weighted by Gasteiger charge is 2.34. The van der Waals surface area contributed by atoms with Crippen molar-refractivity contribution >= 4 is 91.1 Å². The third-order valence-corrected chi connectivity index (χ3v) is 12.5. The smallest absolute Gasteiger partial charge is 0.305 e. The molecule has 0 aliphatic carbocycles. The summed E-state index contributed by atoms with van der Waals surface area (Å²) in [6.45, 7) is 3.58. The minimum absolute atomic E-state index is 0.0254. The molecule has 0 aromatic heterocycles. The fourth-order valence-corrected chi connectivity index (χ4v) is 8.14. The Hall–Kier alpha value is -8.39. The maximum atomic E-state index is 14.2. The van der Waals surface area contributed by atoms with Crippen LogP contribution in [-0.4, -0.2) is 130 Å². The summed E-state index contributed by atoms with van der Waals surface area (Å²) in [5.74, 6) is -6.33. The molecular weight excluding hydrogens is 991 g/mol. The van der Waals surface area contributed by atoms with E-state index in [0.29, 0.717) is 28.9 Å². The molecule has 0 saturated carbocycles. The van der Waals surface area contributed by atoms with Crippen molar-refractivity contribution in [1.29, 1.82) is 0 Å². The van der Waals surface area contributed by atoms with Crippen LogP contribution < -0.4 is 59.7 Å². The molecule has 16 N–H and O–H groups in total. The highest BCUT2D eigenvalue weighted by molar-refractivity contribution is 7.86. The maximum Gasteiger partial charge on any atom is 0.305 e. The van der Waals surface area contributed by atoms with Crippen molar-refractivity contribution in [3.05, 3.63) is 90.5 Å². The molecule has 25 nitrogen and oxygen atoms in total. The van der Waals surface area contributed by atoms with Crippen molar-refractivity contribution in [2.24, 2.45) is 49.1 Å². The Bertz CT molecular complexity index is 2820. The largest absolute Gasteiger partial charge is 0.481 e. The van der Waals surface area contributed by atoms with Crippen LogP contribution in [0, 0.1) is 5.92 Å². The Kier molecular flexibility index (Phi) is 22.7. The van der Waals surface area contributed by atoms with Gasteiger partial charge in [0.2, 0.25) is 23.6 Å². The Morgan fingerprint density at radius 1 is 0.653 bits per heavy atom. The number of hydrogen-bond acceptors (Lipinski definition) is 14. The zero-order valence-corrected chi connectivity index (χ0v) is 43.0. The quantitative estimate of drug-likeness (QED) is 0.0122. The Labute approximate surface area is 434 Å². The van der Waals surface area contributed by atoms with Crippen LogP contribution in [0.3, 0.4) is 0 Å². The molecule has 404 valence electrons. The average Bonchev–Trinajstić information content (AvgIpc) is 3.36. The van der Waals surface area contributed by atoms with Gasteiger partial charge in [-0.1, -0.05) is 44.5 Å². The third-order valence-electron chi connectivity index (χ3n) is 11.6. The van der Waals surface area contributed by atoms with E-state index in [9.17, 15) is 46.8 Å². The molecule has 0 saturated heterocycles. The molecule has 5 amide bonds. The number of azo groups is 1. The second-order valence-electron chi connectivity index (χ2n) is 17.5. The summed E-state index contributed by atoms with van der Waals surface area (Å²) in [6.07, 6.45) is -0.112. The van der Waals surface area contributed by atoms with Crippen LogP contribution in [0.25, 0.3) is 10.8 Å². The lowest BCUT2D eigenvalue weighted by atomic mass is 9.96. The van der Waals surface area contributed by atoms with E-state index in [4.69, 9.17) is 22.9 Å². The number of aliphatic carboxylic acids is 1. The van der Waals surface area contributed by atoms with Gasteiger partial charge >= 0.3 is 5.97 Å². The van der Waals surface area contributed by atoms with Crippen LogP contribution in [0.4, 0.5) is 22.7 Å². The fourth-order valence-electron chi connectivity index (χ4n) is 7.44. The van der Waals surface area contributed by atoms with Crippen LogP contribution in [0.2, 0.25) is 0 Å². The zero-order valence-electron chi connectivity index (χ0n) is 42.2. The summed E-state index contributed by atoms with van der Waals surface area (Å²) < 4.78 is 33.6. The summed E-state index contributed by atoms with van der Waals surface area (Å²) in [4.78, 5) is 91.0. The van der Waals surface area contributed by atoms with E-state index >= 15 is 0 Å². The number of carbonyl (C=O) groups excluding carboxylic acids is 5. The number of guanidine groups is 2. The van der Waals surface area contributed by atoms with Gasteiger partial charge in [-0.15, -0.1) is 0 Å². The number of carboxylic acids is 1. The van der Waals surface area contributed by atoms with Gasteiger partial charge in [-0.05, 0) is 92.3 Å². The van der Waals surface area contributed by atoms with Gasteiger partial charge in [-0.3, -0.25) is 43.3 Å². The summed E-state index contributed by atoms with van der Waals surface area (Å²) in [5.41, 5.74) is 24.8. The van der Waals surface area contributed by atoms with Crippen molar-refractivity contribution in [1.82, 2.24) is 26.6 Å². The molecule has 0 unspecified atom stereocenters. The zero-order chi connectivity index (χ0) is 55.2. The molecule has 0 spiro atoms. The monoisotopic (exact) mass is 1060 g/mol. The van der Waals surface area contributed by atoms with E-state index in [-0.39, 0.29) is 79.6 Å². The molecule has 0 aliphatic rings. The SMILES string of the molecule is CC[C@H](C)[C@H](NC(=O)[C@H](CCCN=C(N)N)NC(=O)[C@H](CCCN=C(N)N)NC(=O)c1ccc(N=Nc2ccc(N(C)C)cc2)cc1)C(=O)N[C@@H](CC(=O)O)C(=O)NCCNc1cccc2c(S(=O)(=O)O)cccc12. The molecule has 0 heterocycles. The Balaban J connectivity index is 1.49. The first-order valence-corrected chi connectivity index (χ1v) is 25.4. The second kappa shape index (κ2) is 28.7. The fraction of sp³-hybridized carbons (Fsp3) is 0.388. The molecule has 75 heavy (non-hydrogen) atoms. The number of fused-ring (bicyclic) bond motifs is 1. The number of anilines is 2. The van der Waals surface area contributed by atoms with Gasteiger partial charge in [0.25, 0.3) is 16.0 Å². The van der Waals surface area contributed by atoms with Crippen LogP contribution in [0.15, 0.2) is 110 Å². The first-order valence-electron chi connectivity index (χ1n) is 23.9. The highest BCUT2D eigenvalue weighted by atomic mass is 32.2. The van der Waals surface area contributed by atoms with Crippen LogP contribution >= 0.6 is 0 Å². The summed E-state index contributed by atoms with van der Waals surface area (Å²) in [6, 6.07) is 17.2. The van der Waals surface area contributed by atoms with Crippen LogP contribution in [-0.2, 0) is 34.1 Å². The van der Waals surface area contributed by atoms with Gasteiger partial charge in [-0.25, -0.2) is 0 Å². The van der Waals surface area contributed by atoms with E-state index in [1.54, 1.807) is 44.2 Å². The maximum absolute atomic E-state index is 14.2. The van der Waals surface area contributed by atoms with Crippen molar-refractivity contribution in [3.63, 3.8) is 0 Å². The molecule has 5 atom stereocenters. The van der Waals surface area contributed by atoms with Gasteiger partial charge in [0.15, 0.2) is 11.9 Å². The van der Waals surface area contributed by atoms with E-state index < -0.39 is 82.1 Å². The first kappa shape index (κ1) is 59.2. The molecule has 4 rings (SSSR count). The predicted octanol–water partition coefficient (Wildman–Crippen LogP) is 1.98. The number of benzene rings is 4. The molecule has 0 aliphatic heterocycles. The van der Waals surface area contributed by atoms with Gasteiger partial charge in [-0.2, -0.15) is 18.6 Å².